The van der Waals surface area contributed by atoms with E-state index in [2.05, 4.69) is 78.1 Å². The molecule has 0 spiro atoms. The van der Waals surface area contributed by atoms with Gasteiger partial charge in [0.25, 0.3) is 0 Å². The third-order valence-corrected chi connectivity index (χ3v) is 18.3. The number of aliphatic carboxylic acids is 1. The fourth-order valence-electron chi connectivity index (χ4n) is 11.0. The number of carboxylic acid groups (broad SMARTS) is 1. The molecule has 10 amide bonds. The van der Waals surface area contributed by atoms with Gasteiger partial charge in [-0.05, 0) is 80.0 Å². The highest BCUT2D eigenvalue weighted by Gasteiger charge is 2.39. The van der Waals surface area contributed by atoms with Gasteiger partial charge in [0.15, 0.2) is 0 Å². The molecular weight excluding hydrogens is 1420 g/mol. The van der Waals surface area contributed by atoms with Gasteiger partial charge in [0, 0.05) is 95.6 Å². The predicted molar refractivity (Wildman–Crippen MR) is 383 cm³/mol. The van der Waals surface area contributed by atoms with Crippen LogP contribution in [0.3, 0.4) is 0 Å². The first-order valence-corrected chi connectivity index (χ1v) is 35.2. The van der Waals surface area contributed by atoms with Crippen molar-refractivity contribution in [2.24, 2.45) is 35.1 Å². The van der Waals surface area contributed by atoms with E-state index in [0.717, 1.165) is 10.9 Å². The van der Waals surface area contributed by atoms with Gasteiger partial charge in [-0.1, -0.05) is 117 Å². The van der Waals surface area contributed by atoms with Crippen LogP contribution in [0, 0.1) is 23.7 Å². The van der Waals surface area contributed by atoms with Gasteiger partial charge in [-0.3, -0.25) is 57.5 Å². The number of unbranched alkanes of at least 4 members (excludes halogenated alkanes) is 1. The van der Waals surface area contributed by atoms with Crippen LogP contribution >= 0.6 is 22.6 Å². The second-order valence-electron chi connectivity index (χ2n) is 26.2. The van der Waals surface area contributed by atoms with Crippen molar-refractivity contribution in [2.45, 2.75) is 206 Å². The van der Waals surface area contributed by atoms with E-state index in [0.29, 0.717) is 41.8 Å². The number of nitrogens with zero attached hydrogens (tertiary/aromatic N) is 2. The second-order valence-corrected chi connectivity index (χ2v) is 27.2. The van der Waals surface area contributed by atoms with Crippen LogP contribution in [0.1, 0.15) is 130 Å². The molecular formula is C69H100IN17O14. The Morgan fingerprint density at radius 1 is 0.485 bits per heavy atom. The van der Waals surface area contributed by atoms with Gasteiger partial charge in [-0.2, -0.15) is 0 Å². The number of carbonyl (C=O) groups is 12. The first kappa shape index (κ1) is 82.5. The van der Waals surface area contributed by atoms with Crippen LogP contribution in [-0.4, -0.2) is 183 Å². The number of amides is 10. The fraction of sp³-hybridized carbons (Fsp3) is 0.536. The normalized spacial score (nSPS) is 15.6. The Kier molecular flexibility index (Phi) is 33.4. The van der Waals surface area contributed by atoms with E-state index in [4.69, 9.17) is 11.5 Å². The van der Waals surface area contributed by atoms with Gasteiger partial charge in [0.2, 0.25) is 62.9 Å². The molecule has 14 atom stereocenters. The number of rotatable bonds is 43. The van der Waals surface area contributed by atoms with E-state index >= 15 is 14.4 Å². The molecule has 101 heavy (non-hydrogen) atoms. The average molecular weight is 1520 g/mol. The standard InChI is InChI=1S/C69H100IN17O14/c1-10-38(7)54(72)65(97)85-56(37(5)6)67(99)87-58(40(9)88)69(101)79-48(24-25-53(89)90)61(93)78-47(23-17-18-26-71)60(92)81-50(27-41-19-13-12-14-20-41)63(95)86-57(39(8)11-2)68(100)82-51(28-42-31-75-46-22-16-15-21-45(42)46)64(96)84-55(36(3)4)66(98)83-52(30-44-33-74-35-77-44)62(94)80-49(59(70)91)29-43-32-73-34-76-43/h12-16,19-22,31-40,47-52,54-58,75,88H,10-11,17-18,23-30,71-72H2,1-9H3,(H,73,76)(H,74,77)(H,78,93)(H,79,101)(H,80,94)(H,81,92)(H,82,100)(H,83,98)(H,84,96)(H,85,97)(H,86,95)(H,87,99)(H,89,90)/t38-,39-,40+,47-,48-,49-,50-,51-,52-,54-,55-,56-,57-,58-/m0/s1. The number of hydrogen-bond acceptors (Lipinski definition) is 17. The van der Waals surface area contributed by atoms with E-state index in [1.54, 1.807) is 114 Å². The molecule has 5 rings (SSSR count). The number of carbonyl (C=O) groups excluding carboxylic acids is 11. The van der Waals surface area contributed by atoms with Crippen LogP contribution in [0.25, 0.3) is 10.9 Å². The molecule has 0 fully saturated rings. The third-order valence-electron chi connectivity index (χ3n) is 17.6. The van der Waals surface area contributed by atoms with Crippen LogP contribution in [-0.2, 0) is 83.2 Å². The summed E-state index contributed by atoms with van der Waals surface area (Å²) in [6, 6.07) is 0.775. The molecule has 3 aromatic heterocycles. The fourth-order valence-corrected chi connectivity index (χ4v) is 11.4. The van der Waals surface area contributed by atoms with Crippen LogP contribution in [0.15, 0.2) is 85.8 Å². The average Bonchev–Trinajstić information content (AvgIpc) is 1.80. The number of imidazole rings is 2. The number of aromatic amines is 3. The van der Waals surface area contributed by atoms with Crippen molar-refractivity contribution in [3.05, 3.63) is 108 Å². The Hall–Kier alpha value is -9.15. The predicted octanol–water partition coefficient (Wildman–Crippen LogP) is 0.800. The second kappa shape index (κ2) is 40.9. The van der Waals surface area contributed by atoms with Gasteiger partial charge < -0.3 is 89.8 Å². The molecule has 32 heteroatoms. The summed E-state index contributed by atoms with van der Waals surface area (Å²) in [5, 5.41) is 48.2. The van der Waals surface area contributed by atoms with Crippen LogP contribution in [0.2, 0.25) is 0 Å². The first-order valence-electron chi connectivity index (χ1n) is 34.1. The number of aliphatic hydroxyl groups excluding tert-OH is 1. The molecule has 0 radical (unpaired) electrons. The molecule has 0 saturated heterocycles. The number of hydrogen-bond donors (Lipinski definition) is 17. The molecule has 3 heterocycles. The molecule has 0 unspecified atom stereocenters. The molecule has 0 aliphatic heterocycles. The summed E-state index contributed by atoms with van der Waals surface area (Å²) < 4.78 is -0.390. The lowest BCUT2D eigenvalue weighted by Gasteiger charge is -2.30. The smallest absolute Gasteiger partial charge is 0.303 e. The summed E-state index contributed by atoms with van der Waals surface area (Å²) >= 11 is 1.58. The number of carboxylic acids is 1. The highest BCUT2D eigenvalue weighted by molar-refractivity contribution is 14.1. The maximum atomic E-state index is 15.1. The highest BCUT2D eigenvalue weighted by atomic mass is 127. The zero-order valence-corrected chi connectivity index (χ0v) is 60.7. The van der Waals surface area contributed by atoms with Crippen LogP contribution in [0.4, 0.5) is 0 Å². The molecule has 5 aromatic rings. The summed E-state index contributed by atoms with van der Waals surface area (Å²) in [5.74, 6) is -11.9. The van der Waals surface area contributed by atoms with E-state index < -0.39 is 172 Å². The van der Waals surface area contributed by atoms with Crippen molar-refractivity contribution < 1.29 is 67.7 Å². The lowest BCUT2D eigenvalue weighted by molar-refractivity contribution is -0.139. The van der Waals surface area contributed by atoms with Crippen molar-refractivity contribution >= 4 is 102 Å². The Morgan fingerprint density at radius 2 is 0.921 bits per heavy atom. The van der Waals surface area contributed by atoms with Crippen LogP contribution < -0.4 is 64.6 Å². The van der Waals surface area contributed by atoms with Gasteiger partial charge in [-0.25, -0.2) is 9.97 Å². The quantitative estimate of drug-likeness (QED) is 0.0146. The first-order chi connectivity index (χ1) is 48.0. The summed E-state index contributed by atoms with van der Waals surface area (Å²) in [5.41, 5.74) is 14.9. The summed E-state index contributed by atoms with van der Waals surface area (Å²) in [6.07, 6.45) is 5.75. The minimum Gasteiger partial charge on any atom is -0.481 e. The van der Waals surface area contributed by atoms with Crippen molar-refractivity contribution in [1.29, 1.82) is 0 Å². The number of aromatic nitrogens is 5. The maximum Gasteiger partial charge on any atom is 0.303 e. The third kappa shape index (κ3) is 25.8. The SMILES string of the molecule is CC[C@H](C)[C@H](N)C(=O)N[C@H](C(=O)N[C@H](C(=O)N[C@@H](CCC(=O)O)C(=O)N[C@@H](CCCCN)C(=O)N[C@@H](Cc1ccccc1)C(=O)N[C@H](C(=O)N[C@@H](Cc1c[nH]c2ccccc12)C(=O)N[C@H](C(=O)N[C@@H](Cc1cnc[nH]1)C(=O)N[C@@H](Cc1cnc[nH]1)C(=O)I)C(C)C)[C@@H](C)CC)[C@@H](C)O)C(C)C. The molecule has 0 bridgehead atoms. The van der Waals surface area contributed by atoms with Gasteiger partial charge in [0.05, 0.1) is 24.8 Å². The molecule has 2 aromatic carbocycles. The number of benzene rings is 2. The van der Waals surface area contributed by atoms with Crippen molar-refractivity contribution in [3.63, 3.8) is 0 Å². The zero-order valence-electron chi connectivity index (χ0n) is 58.5. The Labute approximate surface area is 600 Å². The zero-order chi connectivity index (χ0) is 74.6. The minimum atomic E-state index is -1.75. The number of nitrogens with one attached hydrogen (secondary N) is 13. The van der Waals surface area contributed by atoms with E-state index in [1.165, 1.54) is 32.0 Å². The Balaban J connectivity index is 1.43. The maximum absolute atomic E-state index is 15.1. The van der Waals surface area contributed by atoms with Crippen LogP contribution in [0.5, 0.6) is 0 Å². The van der Waals surface area contributed by atoms with Gasteiger partial charge in [-0.15, -0.1) is 0 Å². The van der Waals surface area contributed by atoms with E-state index in [-0.39, 0.29) is 51.0 Å². The molecule has 552 valence electrons. The summed E-state index contributed by atoms with van der Waals surface area (Å²) in [4.78, 5) is 186. The number of H-pyrrole nitrogens is 3. The van der Waals surface area contributed by atoms with Crippen molar-refractivity contribution in [1.82, 2.24) is 78.1 Å². The van der Waals surface area contributed by atoms with Crippen molar-refractivity contribution in [3.8, 4) is 0 Å². The number of fused-ring (bicyclic) bond motifs is 1. The molecule has 31 nitrogen and oxygen atoms in total. The van der Waals surface area contributed by atoms with Crippen molar-refractivity contribution in [2.75, 3.05) is 6.54 Å². The summed E-state index contributed by atoms with van der Waals surface area (Å²) in [6.45, 7) is 15.1. The largest absolute Gasteiger partial charge is 0.481 e. The van der Waals surface area contributed by atoms with E-state index in [1.807, 2.05) is 25.1 Å². The Bertz CT molecular complexity index is 3550. The van der Waals surface area contributed by atoms with E-state index in [9.17, 15) is 53.4 Å². The molecule has 0 saturated carbocycles. The topological polar surface area (TPSA) is 491 Å². The highest BCUT2D eigenvalue weighted by Crippen LogP contribution is 2.21. The minimum absolute atomic E-state index is 0.0732. The number of halogens is 1. The number of para-hydroxylation sites is 1. The Morgan fingerprint density at radius 3 is 1.46 bits per heavy atom. The summed E-state index contributed by atoms with van der Waals surface area (Å²) in [7, 11) is 0. The van der Waals surface area contributed by atoms with Gasteiger partial charge in [0.1, 0.15) is 60.4 Å². The van der Waals surface area contributed by atoms with Gasteiger partial charge >= 0.3 is 5.97 Å². The number of aliphatic hydroxyl groups is 1. The lowest BCUT2D eigenvalue weighted by Crippen LogP contribution is -2.63. The molecule has 19 N–H and O–H groups in total. The molecule has 0 aliphatic carbocycles. The monoisotopic (exact) mass is 1520 g/mol. The number of nitrogens with two attached hydrogens (primary N) is 2. The lowest BCUT2D eigenvalue weighted by atomic mass is 9.95. The molecule has 0 aliphatic rings.